The molecule has 6 nitrogen and oxygen atoms in total. The molecule has 4 rings (SSSR count). The molecule has 1 unspecified atom stereocenters. The third-order valence-corrected chi connectivity index (χ3v) is 5.76. The molecule has 1 fully saturated rings. The molecule has 1 atom stereocenters. The van der Waals surface area contributed by atoms with Crippen molar-refractivity contribution in [3.63, 3.8) is 0 Å². The van der Waals surface area contributed by atoms with Crippen LogP contribution in [0.15, 0.2) is 59.6 Å². The first-order valence-electron chi connectivity index (χ1n) is 10.3. The van der Waals surface area contributed by atoms with Crippen molar-refractivity contribution in [2.45, 2.75) is 25.4 Å². The van der Waals surface area contributed by atoms with Gasteiger partial charge in [0.05, 0.1) is 6.54 Å². The van der Waals surface area contributed by atoms with Crippen molar-refractivity contribution in [3.8, 4) is 0 Å². The lowest BCUT2D eigenvalue weighted by Crippen LogP contribution is -2.48. The highest BCUT2D eigenvalue weighted by Gasteiger charge is 2.24. The number of anilines is 1. The number of nitrogens with one attached hydrogen (secondary N) is 2. The van der Waals surface area contributed by atoms with Gasteiger partial charge in [0, 0.05) is 45.0 Å². The minimum absolute atomic E-state index is 0. The van der Waals surface area contributed by atoms with Gasteiger partial charge >= 0.3 is 0 Å². The van der Waals surface area contributed by atoms with E-state index in [-0.39, 0.29) is 36.4 Å². The molecule has 0 aliphatic carbocycles. The predicted molar refractivity (Wildman–Crippen MR) is 133 cm³/mol. The second-order valence-corrected chi connectivity index (χ2v) is 7.67. The molecule has 0 bridgehead atoms. The van der Waals surface area contributed by atoms with Gasteiger partial charge in [-0.15, -0.1) is 24.0 Å². The number of nitrogens with zero attached hydrogens (tertiary/aromatic N) is 3. The zero-order chi connectivity index (χ0) is 20.1. The van der Waals surface area contributed by atoms with Gasteiger partial charge in [-0.25, -0.2) is 0 Å². The maximum Gasteiger partial charge on any atom is 0.242 e. The summed E-state index contributed by atoms with van der Waals surface area (Å²) in [5.41, 5.74) is 3.85. The van der Waals surface area contributed by atoms with Crippen LogP contribution >= 0.6 is 24.0 Å². The Morgan fingerprint density at radius 2 is 1.80 bits per heavy atom. The van der Waals surface area contributed by atoms with Gasteiger partial charge < -0.3 is 20.4 Å². The van der Waals surface area contributed by atoms with E-state index in [0.29, 0.717) is 18.5 Å². The van der Waals surface area contributed by atoms with Crippen LogP contribution in [0.5, 0.6) is 0 Å². The maximum absolute atomic E-state index is 12.7. The first kappa shape index (κ1) is 22.4. The van der Waals surface area contributed by atoms with Gasteiger partial charge in [-0.05, 0) is 36.1 Å². The first-order valence-corrected chi connectivity index (χ1v) is 10.3. The summed E-state index contributed by atoms with van der Waals surface area (Å²) in [5, 5.41) is 6.67. The Morgan fingerprint density at radius 3 is 2.57 bits per heavy atom. The molecule has 0 radical (unpaired) electrons. The Balaban J connectivity index is 0.00000256. The summed E-state index contributed by atoms with van der Waals surface area (Å²) in [7, 11) is 1.75. The minimum atomic E-state index is 0. The number of carbonyl (C=O) groups excluding carboxylic acids is 1. The van der Waals surface area contributed by atoms with Crippen LogP contribution in [0.3, 0.4) is 0 Å². The number of carbonyl (C=O) groups is 1. The van der Waals surface area contributed by atoms with E-state index in [4.69, 9.17) is 0 Å². The lowest BCUT2D eigenvalue weighted by atomic mass is 10.00. The van der Waals surface area contributed by atoms with Gasteiger partial charge in [0.2, 0.25) is 5.91 Å². The van der Waals surface area contributed by atoms with E-state index in [1.807, 2.05) is 17.0 Å². The number of hydrogen-bond donors (Lipinski definition) is 2. The van der Waals surface area contributed by atoms with E-state index in [9.17, 15) is 4.79 Å². The standard InChI is InChI=1S/C23H29N5O.HI/c1-24-23(26-20-12-14-27(17-20)21-9-3-2-4-10-21)25-15-22(29)28-13-11-18-7-5-6-8-19(18)16-28;/h2-10,20H,11-17H2,1H3,(H2,24,25,26);1H. The van der Waals surface area contributed by atoms with E-state index in [0.717, 1.165) is 32.5 Å². The van der Waals surface area contributed by atoms with Crippen molar-refractivity contribution in [3.05, 3.63) is 65.7 Å². The number of rotatable bonds is 4. The van der Waals surface area contributed by atoms with Gasteiger partial charge in [-0.1, -0.05) is 42.5 Å². The van der Waals surface area contributed by atoms with Crippen LogP contribution in [-0.2, 0) is 17.8 Å². The molecular weight excluding hydrogens is 489 g/mol. The smallest absolute Gasteiger partial charge is 0.242 e. The number of amides is 1. The average molecular weight is 519 g/mol. The molecule has 1 amide bonds. The number of guanidine groups is 1. The van der Waals surface area contributed by atoms with E-state index in [1.54, 1.807) is 7.05 Å². The third-order valence-electron chi connectivity index (χ3n) is 5.76. The molecule has 2 aliphatic heterocycles. The van der Waals surface area contributed by atoms with Crippen molar-refractivity contribution in [1.82, 2.24) is 15.5 Å². The van der Waals surface area contributed by atoms with E-state index in [1.165, 1.54) is 16.8 Å². The van der Waals surface area contributed by atoms with Gasteiger partial charge in [-0.2, -0.15) is 0 Å². The molecular formula is C23H30IN5O. The van der Waals surface area contributed by atoms with Crippen LogP contribution in [-0.4, -0.2) is 56.0 Å². The fourth-order valence-corrected chi connectivity index (χ4v) is 4.12. The van der Waals surface area contributed by atoms with Gasteiger partial charge in [0.1, 0.15) is 0 Å². The minimum Gasteiger partial charge on any atom is -0.369 e. The Kier molecular flexibility index (Phi) is 7.95. The summed E-state index contributed by atoms with van der Waals surface area (Å²) in [5.74, 6) is 0.801. The molecule has 7 heteroatoms. The molecule has 160 valence electrons. The topological polar surface area (TPSA) is 60.0 Å². The first-order chi connectivity index (χ1) is 14.2. The Hall–Kier alpha value is -2.29. The summed E-state index contributed by atoms with van der Waals surface area (Å²) < 4.78 is 0. The lowest BCUT2D eigenvalue weighted by Gasteiger charge is -2.29. The van der Waals surface area contributed by atoms with Crippen LogP contribution < -0.4 is 15.5 Å². The van der Waals surface area contributed by atoms with E-state index in [2.05, 4.69) is 63.0 Å². The van der Waals surface area contributed by atoms with Crippen LogP contribution in [0, 0.1) is 0 Å². The second kappa shape index (κ2) is 10.7. The van der Waals surface area contributed by atoms with Crippen LogP contribution in [0.4, 0.5) is 5.69 Å². The molecule has 2 heterocycles. The van der Waals surface area contributed by atoms with E-state index < -0.39 is 0 Å². The monoisotopic (exact) mass is 519 g/mol. The largest absolute Gasteiger partial charge is 0.369 e. The highest BCUT2D eigenvalue weighted by molar-refractivity contribution is 14.0. The quantitative estimate of drug-likeness (QED) is 0.371. The van der Waals surface area contributed by atoms with Crippen molar-refractivity contribution < 1.29 is 4.79 Å². The summed E-state index contributed by atoms with van der Waals surface area (Å²) in [6.07, 6.45) is 1.97. The van der Waals surface area contributed by atoms with Crippen LogP contribution in [0.25, 0.3) is 0 Å². The average Bonchev–Trinajstić information content (AvgIpc) is 3.25. The Bertz CT molecular complexity index is 873. The number of aliphatic imine (C=N–C) groups is 1. The Morgan fingerprint density at radius 1 is 1.07 bits per heavy atom. The maximum atomic E-state index is 12.7. The molecule has 2 N–H and O–H groups in total. The lowest BCUT2D eigenvalue weighted by molar-refractivity contribution is -0.130. The van der Waals surface area contributed by atoms with Crippen molar-refractivity contribution in [2.24, 2.45) is 4.99 Å². The van der Waals surface area contributed by atoms with Crippen LogP contribution in [0.2, 0.25) is 0 Å². The number of para-hydroxylation sites is 1. The fraction of sp³-hybridized carbons (Fsp3) is 0.391. The molecule has 0 saturated carbocycles. The number of benzene rings is 2. The molecule has 0 aromatic heterocycles. The molecule has 2 aromatic rings. The summed E-state index contributed by atoms with van der Waals surface area (Å²) in [4.78, 5) is 21.3. The summed E-state index contributed by atoms with van der Waals surface area (Å²) in [6.45, 7) is 3.68. The second-order valence-electron chi connectivity index (χ2n) is 7.67. The molecule has 30 heavy (non-hydrogen) atoms. The third kappa shape index (κ3) is 5.44. The van der Waals surface area contributed by atoms with Crippen molar-refractivity contribution >= 4 is 41.5 Å². The Labute approximate surface area is 195 Å². The zero-order valence-corrected chi connectivity index (χ0v) is 19.7. The van der Waals surface area contributed by atoms with Crippen molar-refractivity contribution in [2.75, 3.05) is 38.1 Å². The van der Waals surface area contributed by atoms with Crippen molar-refractivity contribution in [1.29, 1.82) is 0 Å². The molecule has 0 spiro atoms. The van der Waals surface area contributed by atoms with Gasteiger partial charge in [0.15, 0.2) is 5.96 Å². The van der Waals surface area contributed by atoms with Gasteiger partial charge in [-0.3, -0.25) is 9.79 Å². The number of halogens is 1. The van der Waals surface area contributed by atoms with Crippen LogP contribution in [0.1, 0.15) is 17.5 Å². The zero-order valence-electron chi connectivity index (χ0n) is 17.4. The molecule has 1 saturated heterocycles. The number of hydrogen-bond acceptors (Lipinski definition) is 3. The fourth-order valence-electron chi connectivity index (χ4n) is 4.12. The molecule has 2 aliphatic rings. The molecule has 2 aromatic carbocycles. The highest BCUT2D eigenvalue weighted by atomic mass is 127. The number of fused-ring (bicyclic) bond motifs is 1. The summed E-state index contributed by atoms with van der Waals surface area (Å²) >= 11 is 0. The predicted octanol–water partition coefficient (Wildman–Crippen LogP) is 2.63. The summed E-state index contributed by atoms with van der Waals surface area (Å²) in [6, 6.07) is 19.2. The van der Waals surface area contributed by atoms with Gasteiger partial charge in [0.25, 0.3) is 0 Å². The van der Waals surface area contributed by atoms with E-state index >= 15 is 0 Å². The normalized spacial score (nSPS) is 18.4. The SMILES string of the molecule is CN=C(NCC(=O)N1CCc2ccccc2C1)NC1CCN(c2ccccc2)C1.I. The highest BCUT2D eigenvalue weighted by Crippen LogP contribution is 2.20.